The van der Waals surface area contributed by atoms with Crippen LogP contribution < -0.4 is 5.56 Å². The van der Waals surface area contributed by atoms with E-state index in [1.807, 2.05) is 0 Å². The maximum absolute atomic E-state index is 11.4. The van der Waals surface area contributed by atoms with Gasteiger partial charge in [0.2, 0.25) is 0 Å². The van der Waals surface area contributed by atoms with Crippen LogP contribution in [0.3, 0.4) is 0 Å². The molecule has 1 aromatic rings. The normalized spacial score (nSPS) is 11.9. The van der Waals surface area contributed by atoms with Crippen LogP contribution in [0.2, 0.25) is 0 Å². The summed E-state index contributed by atoms with van der Waals surface area (Å²) in [6.07, 6.45) is 0. The van der Waals surface area contributed by atoms with E-state index < -0.39 is 9.84 Å². The zero-order valence-electron chi connectivity index (χ0n) is 9.39. The van der Waals surface area contributed by atoms with Gasteiger partial charge in [-0.15, -0.1) is 0 Å². The number of ether oxygens (including phenoxy) is 1. The zero-order chi connectivity index (χ0) is 12.2. The number of aryl methyl sites for hydroxylation is 1. The number of nitrogens with zero attached hydrogens (tertiary/aromatic N) is 1. The predicted molar refractivity (Wildman–Crippen MR) is 60.1 cm³/mol. The molecule has 0 bridgehead atoms. The lowest BCUT2D eigenvalue weighted by Crippen LogP contribution is -2.22. The van der Waals surface area contributed by atoms with Gasteiger partial charge in [0.05, 0.1) is 24.6 Å². The van der Waals surface area contributed by atoms with Crippen molar-refractivity contribution >= 4 is 9.84 Å². The highest BCUT2D eigenvalue weighted by Crippen LogP contribution is 1.95. The van der Waals surface area contributed by atoms with Gasteiger partial charge in [-0.25, -0.2) is 8.42 Å². The summed E-state index contributed by atoms with van der Waals surface area (Å²) in [6, 6.07) is 1.40. The van der Waals surface area contributed by atoms with Crippen LogP contribution in [0.5, 0.6) is 0 Å². The first kappa shape index (κ1) is 13.0. The van der Waals surface area contributed by atoms with Crippen molar-refractivity contribution in [1.82, 2.24) is 9.78 Å². The molecule has 0 aliphatic carbocycles. The molecule has 0 saturated heterocycles. The number of nitrogens with one attached hydrogen (secondary N) is 1. The summed E-state index contributed by atoms with van der Waals surface area (Å²) < 4.78 is 28.7. The number of methoxy groups -OCH3 is 1. The highest BCUT2D eigenvalue weighted by Gasteiger charge is 2.09. The quantitative estimate of drug-likeness (QED) is 0.753. The third-order valence-corrected chi connectivity index (χ3v) is 3.89. The largest absolute Gasteiger partial charge is 0.378 e. The molecule has 1 N–H and O–H groups in total. The van der Waals surface area contributed by atoms with E-state index in [9.17, 15) is 13.2 Å². The summed E-state index contributed by atoms with van der Waals surface area (Å²) in [4.78, 5) is 11.4. The molecule has 0 aliphatic rings. The molecule has 92 valence electrons. The maximum Gasteiger partial charge on any atom is 0.266 e. The summed E-state index contributed by atoms with van der Waals surface area (Å²) in [6.45, 7) is 2.05. The van der Waals surface area contributed by atoms with Crippen molar-refractivity contribution < 1.29 is 13.2 Å². The van der Waals surface area contributed by atoms with E-state index in [0.29, 0.717) is 12.3 Å². The van der Waals surface area contributed by atoms with Crippen molar-refractivity contribution in [2.45, 2.75) is 20.1 Å². The number of sulfone groups is 1. The van der Waals surface area contributed by atoms with E-state index in [1.54, 1.807) is 6.92 Å². The first-order valence-electron chi connectivity index (χ1n) is 4.96. The van der Waals surface area contributed by atoms with E-state index in [-0.39, 0.29) is 23.6 Å². The molecule has 6 nitrogen and oxygen atoms in total. The lowest BCUT2D eigenvalue weighted by molar-refractivity contribution is 0.180. The fourth-order valence-electron chi connectivity index (χ4n) is 1.26. The molecule has 0 spiro atoms. The van der Waals surface area contributed by atoms with Crippen LogP contribution in [0.15, 0.2) is 10.9 Å². The molecule has 0 aliphatic heterocycles. The molecule has 7 heteroatoms. The Labute approximate surface area is 94.1 Å². The second-order valence-corrected chi connectivity index (χ2v) is 5.91. The highest BCUT2D eigenvalue weighted by atomic mass is 32.2. The Morgan fingerprint density at radius 1 is 1.50 bits per heavy atom. The monoisotopic (exact) mass is 248 g/mol. The molecular formula is C9H16N2O4S. The van der Waals surface area contributed by atoms with Crippen molar-refractivity contribution in [3.8, 4) is 0 Å². The molecule has 0 atom stereocenters. The predicted octanol–water partition coefficient (Wildman–Crippen LogP) is -0.242. The molecule has 0 amide bonds. The third kappa shape index (κ3) is 3.49. The number of hydrogen-bond acceptors (Lipinski definition) is 4. The van der Waals surface area contributed by atoms with Crippen LogP contribution in [0.1, 0.15) is 12.6 Å². The van der Waals surface area contributed by atoms with Crippen molar-refractivity contribution in [2.24, 2.45) is 0 Å². The fraction of sp³-hybridized carbons (Fsp3) is 0.667. The summed E-state index contributed by atoms with van der Waals surface area (Å²) >= 11 is 0. The van der Waals surface area contributed by atoms with Gasteiger partial charge in [0.15, 0.2) is 9.84 Å². The smallest absolute Gasteiger partial charge is 0.266 e. The average molecular weight is 248 g/mol. The van der Waals surface area contributed by atoms with Gasteiger partial charge < -0.3 is 4.74 Å². The Morgan fingerprint density at radius 2 is 2.19 bits per heavy atom. The van der Waals surface area contributed by atoms with Gasteiger partial charge in [0.1, 0.15) is 0 Å². The Kier molecular flexibility index (Phi) is 4.31. The van der Waals surface area contributed by atoms with Gasteiger partial charge in [0, 0.05) is 18.9 Å². The molecule has 0 saturated carbocycles. The molecular weight excluding hydrogens is 232 g/mol. The minimum absolute atomic E-state index is 0.0314. The Morgan fingerprint density at radius 3 is 2.75 bits per heavy atom. The minimum atomic E-state index is -3.05. The number of aromatic amines is 1. The van der Waals surface area contributed by atoms with Gasteiger partial charge in [-0.2, -0.15) is 0 Å². The fourth-order valence-corrected chi connectivity index (χ4v) is 2.01. The number of aromatic nitrogens is 2. The van der Waals surface area contributed by atoms with Crippen molar-refractivity contribution in [3.63, 3.8) is 0 Å². The standard InChI is InChI=1S/C9H16N2O4S/c1-3-16(13,14)5-4-11-9(12)6-8(10-11)7-15-2/h6,10H,3-5,7H2,1-2H3. The first-order valence-corrected chi connectivity index (χ1v) is 6.78. The van der Waals surface area contributed by atoms with E-state index in [2.05, 4.69) is 5.10 Å². The molecule has 0 fully saturated rings. The molecule has 1 heterocycles. The van der Waals surface area contributed by atoms with E-state index in [0.717, 1.165) is 0 Å². The number of hydrogen-bond donors (Lipinski definition) is 1. The number of rotatable bonds is 6. The van der Waals surface area contributed by atoms with Crippen LogP contribution in [-0.4, -0.2) is 36.8 Å². The number of H-pyrrole nitrogens is 1. The molecule has 1 aromatic heterocycles. The SMILES string of the molecule is CCS(=O)(=O)CCn1[nH]c(COC)cc1=O. The zero-order valence-corrected chi connectivity index (χ0v) is 10.2. The summed E-state index contributed by atoms with van der Waals surface area (Å²) in [7, 11) is -1.52. The molecule has 16 heavy (non-hydrogen) atoms. The van der Waals surface area contributed by atoms with Crippen LogP contribution in [0.4, 0.5) is 0 Å². The lowest BCUT2D eigenvalue weighted by Gasteiger charge is -2.02. The summed E-state index contributed by atoms with van der Waals surface area (Å²) in [5.74, 6) is 0.0593. The van der Waals surface area contributed by atoms with E-state index in [1.165, 1.54) is 17.9 Å². The van der Waals surface area contributed by atoms with E-state index >= 15 is 0 Å². The second kappa shape index (κ2) is 5.31. The van der Waals surface area contributed by atoms with Crippen LogP contribution >= 0.6 is 0 Å². The van der Waals surface area contributed by atoms with Crippen molar-refractivity contribution in [2.75, 3.05) is 18.6 Å². The van der Waals surface area contributed by atoms with Gasteiger partial charge in [-0.3, -0.25) is 14.6 Å². The summed E-state index contributed by atoms with van der Waals surface area (Å²) in [5, 5.41) is 2.79. The second-order valence-electron chi connectivity index (χ2n) is 3.44. The van der Waals surface area contributed by atoms with Gasteiger partial charge >= 0.3 is 0 Å². The average Bonchev–Trinajstić information content (AvgIpc) is 2.57. The minimum Gasteiger partial charge on any atom is -0.378 e. The van der Waals surface area contributed by atoms with Crippen molar-refractivity contribution in [3.05, 3.63) is 22.1 Å². The Balaban J connectivity index is 2.71. The Hall–Kier alpha value is -1.08. The molecule has 0 aromatic carbocycles. The van der Waals surface area contributed by atoms with E-state index in [4.69, 9.17) is 4.74 Å². The molecule has 0 radical (unpaired) electrons. The van der Waals surface area contributed by atoms with Crippen LogP contribution in [0.25, 0.3) is 0 Å². The van der Waals surface area contributed by atoms with Crippen LogP contribution in [0, 0.1) is 0 Å². The Bertz CT molecular complexity index is 486. The van der Waals surface area contributed by atoms with Gasteiger partial charge in [0.25, 0.3) is 5.56 Å². The highest BCUT2D eigenvalue weighted by molar-refractivity contribution is 7.91. The van der Waals surface area contributed by atoms with Gasteiger partial charge in [-0.05, 0) is 0 Å². The van der Waals surface area contributed by atoms with Crippen molar-refractivity contribution in [1.29, 1.82) is 0 Å². The molecule has 1 rings (SSSR count). The third-order valence-electron chi connectivity index (χ3n) is 2.21. The first-order chi connectivity index (χ1) is 7.48. The van der Waals surface area contributed by atoms with Crippen LogP contribution in [-0.2, 0) is 27.7 Å². The topological polar surface area (TPSA) is 81.2 Å². The maximum atomic E-state index is 11.4. The lowest BCUT2D eigenvalue weighted by atomic mass is 10.5. The summed E-state index contributed by atoms with van der Waals surface area (Å²) in [5.41, 5.74) is 0.403. The van der Waals surface area contributed by atoms with Gasteiger partial charge in [-0.1, -0.05) is 6.92 Å². The molecule has 0 unspecified atom stereocenters.